The van der Waals surface area contributed by atoms with Crippen LogP contribution in [-0.4, -0.2) is 23.0 Å². The minimum atomic E-state index is 0.704. The van der Waals surface area contributed by atoms with E-state index in [4.69, 9.17) is 11.6 Å². The Bertz CT molecular complexity index is 509. The van der Waals surface area contributed by atoms with Crippen LogP contribution >= 0.6 is 23.4 Å². The second kappa shape index (κ2) is 6.50. The van der Waals surface area contributed by atoms with E-state index in [1.54, 1.807) is 0 Å². The fourth-order valence-electron chi connectivity index (χ4n) is 1.92. The van der Waals surface area contributed by atoms with Crippen molar-refractivity contribution < 1.29 is 0 Å². The summed E-state index contributed by atoms with van der Waals surface area (Å²) in [6.07, 6.45) is 3.33. The standard InChI is InChI=1S/C14H19ClN2S/c1-10(18-2)7-8-16-9-13-14(15)11-5-3-4-6-12(11)17-13/h3-6,10,16-17H,7-9H2,1-2H3. The number of nitrogens with one attached hydrogen (secondary N) is 2. The highest BCUT2D eigenvalue weighted by molar-refractivity contribution is 7.99. The molecule has 0 aliphatic carbocycles. The molecule has 0 amide bonds. The minimum Gasteiger partial charge on any atom is -0.356 e. The Labute approximate surface area is 117 Å². The molecule has 18 heavy (non-hydrogen) atoms. The molecule has 0 fully saturated rings. The highest BCUT2D eigenvalue weighted by Gasteiger charge is 2.08. The summed E-state index contributed by atoms with van der Waals surface area (Å²) in [5, 5.41) is 6.09. The van der Waals surface area contributed by atoms with E-state index in [1.165, 1.54) is 6.42 Å². The summed E-state index contributed by atoms with van der Waals surface area (Å²) in [6, 6.07) is 8.14. The number of H-pyrrole nitrogens is 1. The number of thioether (sulfide) groups is 1. The number of para-hydroxylation sites is 1. The molecule has 0 saturated carbocycles. The maximum atomic E-state index is 6.35. The monoisotopic (exact) mass is 282 g/mol. The molecule has 0 aliphatic rings. The van der Waals surface area contributed by atoms with Gasteiger partial charge in [-0.05, 0) is 25.3 Å². The predicted octanol–water partition coefficient (Wildman–Crippen LogP) is 4.05. The van der Waals surface area contributed by atoms with Gasteiger partial charge in [0.1, 0.15) is 0 Å². The molecule has 0 spiro atoms. The van der Waals surface area contributed by atoms with Crippen LogP contribution in [0.25, 0.3) is 10.9 Å². The summed E-state index contributed by atoms with van der Waals surface area (Å²) in [6.45, 7) is 4.07. The first kappa shape index (κ1) is 13.8. The molecule has 0 radical (unpaired) electrons. The van der Waals surface area contributed by atoms with Gasteiger partial charge < -0.3 is 10.3 Å². The van der Waals surface area contributed by atoms with Crippen molar-refractivity contribution >= 4 is 34.3 Å². The lowest BCUT2D eigenvalue weighted by Gasteiger charge is -2.08. The molecule has 2 aromatic rings. The zero-order chi connectivity index (χ0) is 13.0. The molecule has 2 rings (SSSR count). The Balaban J connectivity index is 1.94. The zero-order valence-electron chi connectivity index (χ0n) is 10.8. The van der Waals surface area contributed by atoms with Crippen molar-refractivity contribution in [2.75, 3.05) is 12.8 Å². The number of fused-ring (bicyclic) bond motifs is 1. The number of hydrogen-bond acceptors (Lipinski definition) is 2. The Hall–Kier alpha value is -0.640. The molecule has 2 N–H and O–H groups in total. The maximum Gasteiger partial charge on any atom is 0.0705 e. The molecular formula is C14H19ClN2S. The van der Waals surface area contributed by atoms with Crippen molar-refractivity contribution in [3.63, 3.8) is 0 Å². The van der Waals surface area contributed by atoms with Gasteiger partial charge in [-0.25, -0.2) is 0 Å². The van der Waals surface area contributed by atoms with Crippen LogP contribution < -0.4 is 5.32 Å². The summed E-state index contributed by atoms with van der Waals surface area (Å²) in [5.74, 6) is 0. The molecule has 1 aromatic carbocycles. The summed E-state index contributed by atoms with van der Waals surface area (Å²) in [5.41, 5.74) is 2.19. The molecule has 2 nitrogen and oxygen atoms in total. The highest BCUT2D eigenvalue weighted by Crippen LogP contribution is 2.26. The van der Waals surface area contributed by atoms with E-state index >= 15 is 0 Å². The van der Waals surface area contributed by atoms with E-state index in [1.807, 2.05) is 30.0 Å². The largest absolute Gasteiger partial charge is 0.356 e. The molecule has 0 bridgehead atoms. The minimum absolute atomic E-state index is 0.704. The van der Waals surface area contributed by atoms with Crippen molar-refractivity contribution in [1.29, 1.82) is 0 Å². The SMILES string of the molecule is CSC(C)CCNCc1[nH]c2ccccc2c1Cl. The Kier molecular flexibility index (Phi) is 4.98. The van der Waals surface area contributed by atoms with Crippen molar-refractivity contribution in [2.24, 2.45) is 0 Å². The van der Waals surface area contributed by atoms with Crippen LogP contribution in [0.4, 0.5) is 0 Å². The molecular weight excluding hydrogens is 264 g/mol. The average Bonchev–Trinajstić information content (AvgIpc) is 2.72. The maximum absolute atomic E-state index is 6.35. The average molecular weight is 283 g/mol. The lowest BCUT2D eigenvalue weighted by molar-refractivity contribution is 0.642. The van der Waals surface area contributed by atoms with Gasteiger partial charge >= 0.3 is 0 Å². The second-order valence-corrected chi connectivity index (χ2v) is 6.13. The third-order valence-electron chi connectivity index (χ3n) is 3.15. The first-order chi connectivity index (χ1) is 8.72. The quantitative estimate of drug-likeness (QED) is 0.782. The molecule has 0 aliphatic heterocycles. The van der Waals surface area contributed by atoms with Crippen LogP contribution in [0, 0.1) is 0 Å². The molecule has 4 heteroatoms. The highest BCUT2D eigenvalue weighted by atomic mass is 35.5. The van der Waals surface area contributed by atoms with Crippen LogP contribution in [0.3, 0.4) is 0 Å². The fourth-order valence-corrected chi connectivity index (χ4v) is 2.55. The number of benzene rings is 1. The van der Waals surface area contributed by atoms with Crippen LogP contribution in [0.1, 0.15) is 19.0 Å². The summed E-state index contributed by atoms with van der Waals surface area (Å²) in [7, 11) is 0. The number of halogens is 1. The van der Waals surface area contributed by atoms with Gasteiger partial charge in [-0.3, -0.25) is 0 Å². The smallest absolute Gasteiger partial charge is 0.0705 e. The number of aromatic nitrogens is 1. The van der Waals surface area contributed by atoms with Gasteiger partial charge in [0.25, 0.3) is 0 Å². The predicted molar refractivity (Wildman–Crippen MR) is 82.6 cm³/mol. The first-order valence-electron chi connectivity index (χ1n) is 6.21. The summed E-state index contributed by atoms with van der Waals surface area (Å²) < 4.78 is 0. The van der Waals surface area contributed by atoms with Crippen molar-refractivity contribution in [3.05, 3.63) is 35.0 Å². The third-order valence-corrected chi connectivity index (χ3v) is 4.62. The van der Waals surface area contributed by atoms with Crippen LogP contribution in [0.2, 0.25) is 5.02 Å². The lowest BCUT2D eigenvalue weighted by Crippen LogP contribution is -2.18. The van der Waals surface area contributed by atoms with Gasteiger partial charge in [0, 0.05) is 28.4 Å². The van der Waals surface area contributed by atoms with Gasteiger partial charge in [0.05, 0.1) is 5.02 Å². The van der Waals surface area contributed by atoms with Gasteiger partial charge in [-0.2, -0.15) is 11.8 Å². The normalized spacial score (nSPS) is 13.1. The van der Waals surface area contributed by atoms with Crippen LogP contribution in [0.15, 0.2) is 24.3 Å². The number of aromatic amines is 1. The molecule has 1 unspecified atom stereocenters. The van der Waals surface area contributed by atoms with Crippen molar-refractivity contribution in [3.8, 4) is 0 Å². The Morgan fingerprint density at radius 2 is 2.17 bits per heavy atom. The van der Waals surface area contributed by atoms with E-state index in [-0.39, 0.29) is 0 Å². The zero-order valence-corrected chi connectivity index (χ0v) is 12.4. The van der Waals surface area contributed by atoms with Crippen molar-refractivity contribution in [1.82, 2.24) is 10.3 Å². The molecule has 98 valence electrons. The van der Waals surface area contributed by atoms with E-state index in [0.717, 1.165) is 34.7 Å². The molecule has 1 aromatic heterocycles. The second-order valence-electron chi connectivity index (χ2n) is 4.47. The topological polar surface area (TPSA) is 27.8 Å². The van der Waals surface area contributed by atoms with Crippen LogP contribution in [-0.2, 0) is 6.54 Å². The van der Waals surface area contributed by atoms with Gasteiger partial charge in [-0.15, -0.1) is 0 Å². The van der Waals surface area contributed by atoms with E-state index in [9.17, 15) is 0 Å². The third kappa shape index (κ3) is 3.22. The Morgan fingerprint density at radius 1 is 1.39 bits per heavy atom. The van der Waals surface area contributed by atoms with Gasteiger partial charge in [-0.1, -0.05) is 36.7 Å². The molecule has 1 atom stereocenters. The van der Waals surface area contributed by atoms with E-state index in [2.05, 4.69) is 29.5 Å². The summed E-state index contributed by atoms with van der Waals surface area (Å²) >= 11 is 8.25. The van der Waals surface area contributed by atoms with Crippen molar-refractivity contribution in [2.45, 2.75) is 25.1 Å². The van der Waals surface area contributed by atoms with Gasteiger partial charge in [0.2, 0.25) is 0 Å². The summed E-state index contributed by atoms with van der Waals surface area (Å²) in [4.78, 5) is 3.37. The molecule has 1 heterocycles. The lowest BCUT2D eigenvalue weighted by atomic mass is 10.2. The van der Waals surface area contributed by atoms with E-state index < -0.39 is 0 Å². The Morgan fingerprint density at radius 3 is 2.89 bits per heavy atom. The number of hydrogen-bond donors (Lipinski definition) is 2. The van der Waals surface area contributed by atoms with Gasteiger partial charge in [0.15, 0.2) is 0 Å². The molecule has 0 saturated heterocycles. The number of rotatable bonds is 6. The fraction of sp³-hybridized carbons (Fsp3) is 0.429. The van der Waals surface area contributed by atoms with E-state index in [0.29, 0.717) is 5.25 Å². The first-order valence-corrected chi connectivity index (χ1v) is 7.87. The van der Waals surface area contributed by atoms with Crippen LogP contribution in [0.5, 0.6) is 0 Å².